The van der Waals surface area contributed by atoms with Gasteiger partial charge in [-0.05, 0) is 25.0 Å². The normalized spacial score (nSPS) is 12.7. The second-order valence-corrected chi connectivity index (χ2v) is 7.11. The minimum absolute atomic E-state index is 0.357. The third-order valence-corrected chi connectivity index (χ3v) is 4.41. The maximum atomic E-state index is 12.0. The third kappa shape index (κ3) is 7.21. The van der Waals surface area contributed by atoms with Crippen LogP contribution in [0.25, 0.3) is 0 Å². The molecule has 2 unspecified atom stereocenters. The molecule has 0 saturated heterocycles. The van der Waals surface area contributed by atoms with Crippen molar-refractivity contribution in [1.29, 1.82) is 0 Å². The Labute approximate surface area is 178 Å². The minimum Gasteiger partial charge on any atom is -0.454 e. The van der Waals surface area contributed by atoms with Crippen LogP contribution in [0.2, 0.25) is 0 Å². The van der Waals surface area contributed by atoms with Crippen molar-refractivity contribution in [1.82, 2.24) is 0 Å². The van der Waals surface area contributed by atoms with Crippen LogP contribution in [0.3, 0.4) is 0 Å². The highest BCUT2D eigenvalue weighted by Crippen LogP contribution is 2.25. The van der Waals surface area contributed by atoms with Crippen molar-refractivity contribution in [2.75, 3.05) is 0 Å². The molecule has 0 fully saturated rings. The SMILES string of the molecule is C=C(C)C(=O)OC(C/C=C/CC(OC(=O)C(=C)C)c1ccccc1)c1ccccc1. The zero-order valence-electron chi connectivity index (χ0n) is 17.5. The maximum Gasteiger partial charge on any atom is 0.333 e. The highest BCUT2D eigenvalue weighted by atomic mass is 16.5. The Kier molecular flexibility index (Phi) is 8.82. The first-order valence-electron chi connectivity index (χ1n) is 9.86. The Morgan fingerprint density at radius 2 is 1.07 bits per heavy atom. The van der Waals surface area contributed by atoms with E-state index in [0.717, 1.165) is 11.1 Å². The summed E-state index contributed by atoms with van der Waals surface area (Å²) >= 11 is 0. The predicted octanol–water partition coefficient (Wildman–Crippen LogP) is 6.04. The van der Waals surface area contributed by atoms with E-state index in [4.69, 9.17) is 9.47 Å². The molecule has 2 aromatic rings. The zero-order valence-corrected chi connectivity index (χ0v) is 17.5. The Bertz CT molecular complexity index is 822. The Balaban J connectivity index is 2.09. The third-order valence-electron chi connectivity index (χ3n) is 4.41. The maximum absolute atomic E-state index is 12.0. The molecule has 4 heteroatoms. The van der Waals surface area contributed by atoms with Crippen molar-refractivity contribution in [3.8, 4) is 0 Å². The molecule has 2 rings (SSSR count). The zero-order chi connectivity index (χ0) is 21.9. The Hall–Kier alpha value is -3.40. The van der Waals surface area contributed by atoms with Crippen LogP contribution in [0, 0.1) is 0 Å². The van der Waals surface area contributed by atoms with Gasteiger partial charge in [0.25, 0.3) is 0 Å². The van der Waals surface area contributed by atoms with Crippen molar-refractivity contribution in [2.24, 2.45) is 0 Å². The van der Waals surface area contributed by atoms with Gasteiger partial charge < -0.3 is 9.47 Å². The number of hydrogen-bond donors (Lipinski definition) is 0. The van der Waals surface area contributed by atoms with Crippen molar-refractivity contribution in [3.63, 3.8) is 0 Å². The summed E-state index contributed by atoms with van der Waals surface area (Å²) in [6.45, 7) is 10.5. The topological polar surface area (TPSA) is 52.6 Å². The molecule has 0 bridgehead atoms. The molecule has 0 aliphatic carbocycles. The molecular weight excluding hydrogens is 376 g/mol. The van der Waals surface area contributed by atoms with Crippen LogP contribution in [0.4, 0.5) is 0 Å². The summed E-state index contributed by atoms with van der Waals surface area (Å²) < 4.78 is 11.2. The summed E-state index contributed by atoms with van der Waals surface area (Å²) in [5.74, 6) is -0.843. The molecule has 2 atom stereocenters. The lowest BCUT2D eigenvalue weighted by Crippen LogP contribution is -2.12. The summed E-state index contributed by atoms with van der Waals surface area (Å²) in [7, 11) is 0. The van der Waals surface area contributed by atoms with Crippen LogP contribution in [-0.4, -0.2) is 11.9 Å². The molecule has 4 nitrogen and oxygen atoms in total. The van der Waals surface area contributed by atoms with Gasteiger partial charge in [-0.1, -0.05) is 86.0 Å². The van der Waals surface area contributed by atoms with Gasteiger partial charge >= 0.3 is 11.9 Å². The molecule has 0 radical (unpaired) electrons. The standard InChI is InChI=1S/C26H28O4/c1-19(2)25(27)29-23(21-13-7-5-8-14-21)17-11-12-18-24(30-26(28)20(3)4)22-15-9-6-10-16-22/h5-16,23-24H,1,3,17-18H2,2,4H3/b12-11+. The van der Waals surface area contributed by atoms with Crippen LogP contribution >= 0.6 is 0 Å². The molecule has 0 aliphatic rings. The van der Waals surface area contributed by atoms with E-state index in [2.05, 4.69) is 13.2 Å². The number of esters is 2. The lowest BCUT2D eigenvalue weighted by Gasteiger charge is -2.18. The van der Waals surface area contributed by atoms with Crippen LogP contribution in [0.5, 0.6) is 0 Å². The average molecular weight is 405 g/mol. The number of benzene rings is 2. The van der Waals surface area contributed by atoms with Crippen LogP contribution in [0.1, 0.15) is 50.0 Å². The van der Waals surface area contributed by atoms with Gasteiger partial charge in [0, 0.05) is 24.0 Å². The fourth-order valence-electron chi connectivity index (χ4n) is 2.74. The first-order chi connectivity index (χ1) is 14.4. The van der Waals surface area contributed by atoms with Gasteiger partial charge in [0.1, 0.15) is 12.2 Å². The van der Waals surface area contributed by atoms with Crippen molar-refractivity contribution < 1.29 is 19.1 Å². The van der Waals surface area contributed by atoms with Gasteiger partial charge in [-0.3, -0.25) is 0 Å². The number of rotatable bonds is 10. The largest absolute Gasteiger partial charge is 0.454 e. The molecule has 0 spiro atoms. The van der Waals surface area contributed by atoms with E-state index in [1.54, 1.807) is 13.8 Å². The number of ether oxygens (including phenoxy) is 2. The van der Waals surface area contributed by atoms with Crippen molar-refractivity contribution in [3.05, 3.63) is 108 Å². The molecule has 156 valence electrons. The second kappa shape index (κ2) is 11.6. The van der Waals surface area contributed by atoms with Crippen molar-refractivity contribution in [2.45, 2.75) is 38.9 Å². The summed E-state index contributed by atoms with van der Waals surface area (Å²) in [5, 5.41) is 0. The lowest BCUT2D eigenvalue weighted by molar-refractivity contribution is -0.145. The smallest absolute Gasteiger partial charge is 0.333 e. The molecule has 30 heavy (non-hydrogen) atoms. The summed E-state index contributed by atoms with van der Waals surface area (Å²) in [4.78, 5) is 24.1. The summed E-state index contributed by atoms with van der Waals surface area (Å²) in [6.07, 6.45) is 4.04. The van der Waals surface area contributed by atoms with Gasteiger partial charge in [0.05, 0.1) is 0 Å². The number of carbonyl (C=O) groups is 2. The van der Waals surface area contributed by atoms with Crippen molar-refractivity contribution >= 4 is 11.9 Å². The number of carbonyl (C=O) groups excluding carboxylic acids is 2. The lowest BCUT2D eigenvalue weighted by atomic mass is 10.0. The van der Waals surface area contributed by atoms with E-state index in [9.17, 15) is 9.59 Å². The van der Waals surface area contributed by atoms with E-state index in [-0.39, 0.29) is 0 Å². The summed E-state index contributed by atoms with van der Waals surface area (Å²) in [5.41, 5.74) is 2.53. The van der Waals surface area contributed by atoms with Gasteiger partial charge in [0.15, 0.2) is 0 Å². The van der Waals surface area contributed by atoms with Gasteiger partial charge in [0.2, 0.25) is 0 Å². The monoisotopic (exact) mass is 404 g/mol. The fraction of sp³-hybridized carbons (Fsp3) is 0.231. The van der Waals surface area contributed by atoms with Gasteiger partial charge in [-0.15, -0.1) is 0 Å². The van der Waals surface area contributed by atoms with Gasteiger partial charge in [-0.2, -0.15) is 0 Å². The van der Waals surface area contributed by atoms with Crippen LogP contribution in [0.15, 0.2) is 97.1 Å². The first-order valence-corrected chi connectivity index (χ1v) is 9.86. The second-order valence-electron chi connectivity index (χ2n) is 7.11. The van der Waals surface area contributed by atoms with Crippen LogP contribution in [-0.2, 0) is 19.1 Å². The highest BCUT2D eigenvalue weighted by molar-refractivity contribution is 5.87. The molecule has 0 saturated carbocycles. The van der Waals surface area contributed by atoms with Crippen LogP contribution < -0.4 is 0 Å². The molecule has 0 aliphatic heterocycles. The fourth-order valence-corrected chi connectivity index (χ4v) is 2.74. The molecular formula is C26H28O4. The molecule has 0 heterocycles. The first kappa shape index (κ1) is 22.9. The van der Waals surface area contributed by atoms with E-state index in [1.165, 1.54) is 0 Å². The average Bonchev–Trinajstić information content (AvgIpc) is 2.75. The molecule has 0 N–H and O–H groups in total. The molecule has 0 aromatic heterocycles. The molecule has 0 amide bonds. The van der Waals surface area contributed by atoms with E-state index in [1.807, 2.05) is 72.8 Å². The summed E-state index contributed by atoms with van der Waals surface area (Å²) in [6, 6.07) is 19.1. The highest BCUT2D eigenvalue weighted by Gasteiger charge is 2.17. The Morgan fingerprint density at radius 3 is 1.37 bits per heavy atom. The Morgan fingerprint density at radius 1 is 0.733 bits per heavy atom. The van der Waals surface area contributed by atoms with E-state index in [0.29, 0.717) is 24.0 Å². The van der Waals surface area contributed by atoms with E-state index >= 15 is 0 Å². The minimum atomic E-state index is -0.421. The predicted molar refractivity (Wildman–Crippen MR) is 119 cm³/mol. The quantitative estimate of drug-likeness (QED) is 0.275. The van der Waals surface area contributed by atoms with Gasteiger partial charge in [-0.25, -0.2) is 9.59 Å². The van der Waals surface area contributed by atoms with E-state index < -0.39 is 24.1 Å². The molecule has 2 aromatic carbocycles. The number of hydrogen-bond acceptors (Lipinski definition) is 4.